The maximum absolute atomic E-state index is 13.5. The number of nitrogens with zero attached hydrogens (tertiary/aromatic N) is 1. The third-order valence-corrected chi connectivity index (χ3v) is 7.74. The Morgan fingerprint density at radius 2 is 1.69 bits per heavy atom. The summed E-state index contributed by atoms with van der Waals surface area (Å²) in [5, 5.41) is 0. The average Bonchev–Trinajstić information content (AvgIpc) is 3.55. The van der Waals surface area contributed by atoms with Crippen molar-refractivity contribution in [3.63, 3.8) is 0 Å². The van der Waals surface area contributed by atoms with Crippen LogP contribution in [0.5, 0.6) is 5.75 Å². The van der Waals surface area contributed by atoms with E-state index >= 15 is 0 Å². The highest BCUT2D eigenvalue weighted by molar-refractivity contribution is 7.87. The van der Waals surface area contributed by atoms with Gasteiger partial charge in [-0.3, -0.25) is 4.79 Å². The van der Waals surface area contributed by atoms with Gasteiger partial charge in [0.25, 0.3) is 0 Å². The first-order valence-corrected chi connectivity index (χ1v) is 13.6. The van der Waals surface area contributed by atoms with Crippen molar-refractivity contribution in [1.29, 1.82) is 0 Å². The number of carbonyl (C=O) groups excluding carboxylic acids is 1. The average molecular weight is 556 g/mol. The van der Waals surface area contributed by atoms with Gasteiger partial charge in [0.1, 0.15) is 16.4 Å². The Morgan fingerprint density at radius 3 is 2.41 bits per heavy atom. The minimum absolute atomic E-state index is 0.0526. The molecule has 39 heavy (non-hydrogen) atoms. The molecule has 2 atom stereocenters. The van der Waals surface area contributed by atoms with Crippen molar-refractivity contribution < 1.29 is 35.0 Å². The maximum Gasteiger partial charge on any atom is 0.416 e. The molecule has 1 heterocycles. The number of benzene rings is 3. The molecular formula is C29H24F3NO5S. The predicted octanol–water partition coefficient (Wildman–Crippen LogP) is 6.40. The zero-order valence-electron chi connectivity index (χ0n) is 20.5. The van der Waals surface area contributed by atoms with E-state index in [4.69, 9.17) is 8.60 Å². The lowest BCUT2D eigenvalue weighted by Gasteiger charge is -2.22. The van der Waals surface area contributed by atoms with Crippen LogP contribution in [0.15, 0.2) is 107 Å². The fourth-order valence-electron chi connectivity index (χ4n) is 4.49. The number of amides is 1. The van der Waals surface area contributed by atoms with Crippen LogP contribution in [0.4, 0.5) is 13.2 Å². The van der Waals surface area contributed by atoms with E-state index in [9.17, 15) is 26.4 Å². The highest BCUT2D eigenvalue weighted by Gasteiger charge is 2.45. The lowest BCUT2D eigenvalue weighted by atomic mass is 10.1. The Bertz CT molecular complexity index is 1550. The first kappa shape index (κ1) is 26.6. The topological polar surface area (TPSA) is 76.8 Å². The van der Waals surface area contributed by atoms with Crippen molar-refractivity contribution in [3.05, 3.63) is 120 Å². The van der Waals surface area contributed by atoms with Gasteiger partial charge in [-0.25, -0.2) is 0 Å². The number of hydrogen-bond donors (Lipinski definition) is 0. The Labute approximate surface area is 223 Å². The van der Waals surface area contributed by atoms with E-state index in [-0.39, 0.29) is 36.6 Å². The van der Waals surface area contributed by atoms with Crippen LogP contribution in [0.1, 0.15) is 34.8 Å². The molecule has 0 aliphatic heterocycles. The molecule has 6 nitrogen and oxygen atoms in total. The standard InChI is InChI=1S/C29H24F3NO5S/c30-29(31,32)22-10-5-13-25(16-22)39(35,36)38-23-11-4-7-20(15-23)18-33(19-24-12-6-14-37-24)28(34)27-17-26(27)21-8-2-1-3-9-21/h1-16,26-27H,17-19H2. The van der Waals surface area contributed by atoms with E-state index in [1.165, 1.54) is 18.4 Å². The number of carbonyl (C=O) groups is 1. The molecule has 0 radical (unpaired) electrons. The predicted molar refractivity (Wildman–Crippen MR) is 136 cm³/mol. The van der Waals surface area contributed by atoms with Gasteiger partial charge >= 0.3 is 16.3 Å². The van der Waals surface area contributed by atoms with Crippen molar-refractivity contribution in [1.82, 2.24) is 4.90 Å². The second-order valence-electron chi connectivity index (χ2n) is 9.34. The SMILES string of the molecule is O=C(C1CC1c1ccccc1)N(Cc1cccc(OS(=O)(=O)c2cccc(C(F)(F)F)c2)c1)Cc1ccco1. The summed E-state index contributed by atoms with van der Waals surface area (Å²) in [6.45, 7) is 0.371. The molecule has 0 N–H and O–H groups in total. The van der Waals surface area contributed by atoms with Gasteiger partial charge in [0.15, 0.2) is 0 Å². The lowest BCUT2D eigenvalue weighted by Crippen LogP contribution is -2.31. The van der Waals surface area contributed by atoms with E-state index < -0.39 is 26.8 Å². The van der Waals surface area contributed by atoms with Crippen LogP contribution >= 0.6 is 0 Å². The molecule has 1 amide bonds. The zero-order valence-corrected chi connectivity index (χ0v) is 21.4. The summed E-state index contributed by atoms with van der Waals surface area (Å²) in [5.41, 5.74) is 0.592. The zero-order chi connectivity index (χ0) is 27.6. The molecule has 1 saturated carbocycles. The van der Waals surface area contributed by atoms with Crippen molar-refractivity contribution in [3.8, 4) is 5.75 Å². The molecule has 4 aromatic rings. The summed E-state index contributed by atoms with van der Waals surface area (Å²) in [7, 11) is -4.54. The van der Waals surface area contributed by atoms with E-state index in [1.54, 1.807) is 29.2 Å². The third kappa shape index (κ3) is 6.34. The molecule has 1 aliphatic carbocycles. The van der Waals surface area contributed by atoms with E-state index in [1.807, 2.05) is 30.3 Å². The van der Waals surface area contributed by atoms with Crippen LogP contribution in [-0.2, 0) is 34.2 Å². The molecule has 0 spiro atoms. The van der Waals surface area contributed by atoms with Crippen molar-refractivity contribution >= 4 is 16.0 Å². The highest BCUT2D eigenvalue weighted by Crippen LogP contribution is 2.48. The van der Waals surface area contributed by atoms with Gasteiger partial charge < -0.3 is 13.5 Å². The minimum Gasteiger partial charge on any atom is -0.467 e. The number of halogens is 3. The fourth-order valence-corrected chi connectivity index (χ4v) is 5.46. The molecule has 5 rings (SSSR count). The van der Waals surface area contributed by atoms with Gasteiger partial charge in [0, 0.05) is 12.5 Å². The second-order valence-corrected chi connectivity index (χ2v) is 10.9. The molecule has 0 saturated heterocycles. The first-order valence-electron chi connectivity index (χ1n) is 12.2. The smallest absolute Gasteiger partial charge is 0.416 e. The van der Waals surface area contributed by atoms with E-state index in [0.717, 1.165) is 30.2 Å². The number of furan rings is 1. The molecular weight excluding hydrogens is 531 g/mol. The Hall–Kier alpha value is -4.05. The maximum atomic E-state index is 13.5. The van der Waals surface area contributed by atoms with Crippen LogP contribution in [0.2, 0.25) is 0 Å². The van der Waals surface area contributed by atoms with Gasteiger partial charge in [0.2, 0.25) is 5.91 Å². The molecule has 202 valence electrons. The Morgan fingerprint density at radius 1 is 0.923 bits per heavy atom. The largest absolute Gasteiger partial charge is 0.467 e. The van der Waals surface area contributed by atoms with Crippen LogP contribution in [0, 0.1) is 5.92 Å². The van der Waals surface area contributed by atoms with E-state index in [2.05, 4.69) is 0 Å². The molecule has 0 bridgehead atoms. The highest BCUT2D eigenvalue weighted by atomic mass is 32.2. The fraction of sp³-hybridized carbons (Fsp3) is 0.207. The summed E-state index contributed by atoms with van der Waals surface area (Å²) < 4.78 is 75.3. The molecule has 10 heteroatoms. The van der Waals surface area contributed by atoms with Crippen molar-refractivity contribution in [2.24, 2.45) is 5.92 Å². The summed E-state index contributed by atoms with van der Waals surface area (Å²) in [6.07, 6.45) is -2.44. The van der Waals surface area contributed by atoms with Gasteiger partial charge in [0.05, 0.1) is 18.4 Å². The van der Waals surface area contributed by atoms with E-state index in [0.29, 0.717) is 17.4 Å². The Kier molecular flexibility index (Phi) is 7.22. The van der Waals surface area contributed by atoms with Crippen molar-refractivity contribution in [2.75, 3.05) is 0 Å². The normalized spacial score (nSPS) is 17.0. The quantitative estimate of drug-likeness (QED) is 0.224. The summed E-state index contributed by atoms with van der Waals surface area (Å²) >= 11 is 0. The third-order valence-electron chi connectivity index (χ3n) is 6.50. The van der Waals surface area contributed by atoms with Gasteiger partial charge in [-0.15, -0.1) is 0 Å². The molecule has 1 aromatic heterocycles. The second kappa shape index (κ2) is 10.6. The monoisotopic (exact) mass is 555 g/mol. The van der Waals surface area contributed by atoms with Crippen molar-refractivity contribution in [2.45, 2.75) is 36.5 Å². The molecule has 1 aliphatic rings. The first-order chi connectivity index (χ1) is 18.6. The molecule has 3 aromatic carbocycles. The van der Waals surface area contributed by atoms with Gasteiger partial charge in [-0.1, -0.05) is 48.5 Å². The Balaban J connectivity index is 1.34. The van der Waals surface area contributed by atoms with Crippen LogP contribution in [0.3, 0.4) is 0 Å². The van der Waals surface area contributed by atoms with Crippen LogP contribution < -0.4 is 4.18 Å². The summed E-state index contributed by atoms with van der Waals surface area (Å²) in [4.78, 5) is 14.5. The number of rotatable bonds is 9. The van der Waals surface area contributed by atoms with Crippen LogP contribution in [-0.4, -0.2) is 19.2 Å². The minimum atomic E-state index is -4.70. The number of alkyl halides is 3. The molecule has 1 fully saturated rings. The van der Waals surface area contributed by atoms with Crippen LogP contribution in [0.25, 0.3) is 0 Å². The lowest BCUT2D eigenvalue weighted by molar-refractivity contribution is -0.137. The van der Waals surface area contributed by atoms with Gasteiger partial charge in [-0.05, 0) is 65.9 Å². The van der Waals surface area contributed by atoms with Gasteiger partial charge in [-0.2, -0.15) is 21.6 Å². The molecule has 2 unspecified atom stereocenters. The summed E-state index contributed by atoms with van der Waals surface area (Å²) in [6, 6.07) is 22.8. The summed E-state index contributed by atoms with van der Waals surface area (Å²) in [5.74, 6) is 0.417. The number of hydrogen-bond acceptors (Lipinski definition) is 5.